The molecular weight excluding hydrogens is 346 g/mol. The molecule has 0 saturated carbocycles. The molecule has 0 radical (unpaired) electrons. The van der Waals surface area contributed by atoms with E-state index in [0.717, 1.165) is 17.4 Å². The maximum Gasteiger partial charge on any atom is 0.216 e. The van der Waals surface area contributed by atoms with Crippen molar-refractivity contribution in [3.05, 3.63) is 65.2 Å². The molecule has 0 heterocycles. The van der Waals surface area contributed by atoms with E-state index in [2.05, 4.69) is 4.72 Å². The predicted molar refractivity (Wildman–Crippen MR) is 94.9 cm³/mol. The molecule has 1 atom stereocenters. The van der Waals surface area contributed by atoms with Crippen molar-refractivity contribution in [1.82, 2.24) is 4.72 Å². The van der Waals surface area contributed by atoms with Crippen molar-refractivity contribution < 1.29 is 16.8 Å². The topological polar surface area (TPSA) is 80.3 Å². The van der Waals surface area contributed by atoms with E-state index in [1.54, 1.807) is 25.1 Å². The second-order valence-electron chi connectivity index (χ2n) is 5.87. The summed E-state index contributed by atoms with van der Waals surface area (Å²) in [5.41, 5.74) is 2.38. The molecule has 2 aromatic rings. The Hall–Kier alpha value is -1.70. The molecule has 1 unspecified atom stereocenters. The lowest BCUT2D eigenvalue weighted by atomic mass is 10.1. The van der Waals surface area contributed by atoms with E-state index in [-0.39, 0.29) is 10.6 Å². The van der Waals surface area contributed by atoms with Crippen LogP contribution in [0.5, 0.6) is 0 Å². The van der Waals surface area contributed by atoms with E-state index >= 15 is 0 Å². The van der Waals surface area contributed by atoms with E-state index in [9.17, 15) is 16.8 Å². The Labute approximate surface area is 143 Å². The van der Waals surface area contributed by atoms with Gasteiger partial charge >= 0.3 is 0 Å². The van der Waals surface area contributed by atoms with Crippen molar-refractivity contribution in [2.45, 2.75) is 30.5 Å². The third kappa shape index (κ3) is 4.90. The van der Waals surface area contributed by atoms with Gasteiger partial charge in [-0.1, -0.05) is 36.4 Å². The molecule has 0 aliphatic carbocycles. The van der Waals surface area contributed by atoms with E-state index in [1.807, 2.05) is 25.1 Å². The van der Waals surface area contributed by atoms with Gasteiger partial charge in [-0.05, 0) is 42.7 Å². The summed E-state index contributed by atoms with van der Waals surface area (Å²) in [5.74, 6) is -0.0918. The molecular formula is C17H21NO4S2. The number of aryl methyl sites for hydroxylation is 1. The van der Waals surface area contributed by atoms with E-state index < -0.39 is 25.9 Å². The first-order valence-electron chi connectivity index (χ1n) is 7.43. The van der Waals surface area contributed by atoms with Crippen LogP contribution in [0.3, 0.4) is 0 Å². The van der Waals surface area contributed by atoms with Crippen LogP contribution >= 0.6 is 0 Å². The van der Waals surface area contributed by atoms with Crippen molar-refractivity contribution in [2.75, 3.05) is 6.26 Å². The Morgan fingerprint density at radius 3 is 2.08 bits per heavy atom. The quantitative estimate of drug-likeness (QED) is 0.851. The molecule has 1 N–H and O–H groups in total. The molecule has 7 heteroatoms. The Balaban J connectivity index is 2.13. The molecule has 0 spiro atoms. The number of sulfonamides is 1. The molecule has 0 amide bonds. The first-order valence-corrected chi connectivity index (χ1v) is 11.0. The lowest BCUT2D eigenvalue weighted by Gasteiger charge is -2.15. The van der Waals surface area contributed by atoms with Gasteiger partial charge in [-0.15, -0.1) is 0 Å². The van der Waals surface area contributed by atoms with Crippen LogP contribution < -0.4 is 4.72 Å². The normalized spacial score (nSPS) is 13.6. The van der Waals surface area contributed by atoms with Crippen LogP contribution in [0.2, 0.25) is 0 Å². The zero-order valence-electron chi connectivity index (χ0n) is 13.9. The smallest absolute Gasteiger partial charge is 0.216 e. The lowest BCUT2D eigenvalue weighted by Crippen LogP contribution is -2.28. The van der Waals surface area contributed by atoms with E-state index in [1.165, 1.54) is 12.1 Å². The summed E-state index contributed by atoms with van der Waals surface area (Å²) in [6.07, 6.45) is 1.14. The summed E-state index contributed by atoms with van der Waals surface area (Å²) in [5, 5.41) is 0. The monoisotopic (exact) mass is 367 g/mol. The van der Waals surface area contributed by atoms with Crippen LogP contribution in [0, 0.1) is 6.92 Å². The highest BCUT2D eigenvalue weighted by atomic mass is 32.2. The molecule has 0 aliphatic heterocycles. The van der Waals surface area contributed by atoms with Crippen LogP contribution in [0.4, 0.5) is 0 Å². The molecule has 0 bridgehead atoms. The van der Waals surface area contributed by atoms with E-state index in [4.69, 9.17) is 0 Å². The average Bonchev–Trinajstić information content (AvgIpc) is 2.48. The summed E-state index contributed by atoms with van der Waals surface area (Å²) < 4.78 is 50.3. The Bertz CT molecular complexity index is 917. The lowest BCUT2D eigenvalue weighted by molar-refractivity contribution is 0.565. The maximum atomic E-state index is 12.4. The number of nitrogens with one attached hydrogen (secondary N) is 1. The molecule has 2 rings (SSSR count). The van der Waals surface area contributed by atoms with Gasteiger partial charge in [0.15, 0.2) is 9.84 Å². The minimum absolute atomic E-state index is 0.0918. The van der Waals surface area contributed by atoms with Crippen molar-refractivity contribution in [2.24, 2.45) is 0 Å². The van der Waals surface area contributed by atoms with Gasteiger partial charge in [-0.25, -0.2) is 21.6 Å². The second kappa shape index (κ2) is 7.04. The van der Waals surface area contributed by atoms with Crippen molar-refractivity contribution in [3.63, 3.8) is 0 Å². The summed E-state index contributed by atoms with van der Waals surface area (Å²) >= 11 is 0. The zero-order valence-corrected chi connectivity index (χ0v) is 15.5. The zero-order chi connectivity index (χ0) is 18.0. The molecule has 0 fully saturated rings. The third-order valence-corrected chi connectivity index (χ3v) is 6.30. The second-order valence-corrected chi connectivity index (χ2v) is 9.64. The Morgan fingerprint density at radius 1 is 0.958 bits per heavy atom. The average molecular weight is 367 g/mol. The van der Waals surface area contributed by atoms with Crippen molar-refractivity contribution in [1.29, 1.82) is 0 Å². The highest BCUT2D eigenvalue weighted by Gasteiger charge is 2.18. The highest BCUT2D eigenvalue weighted by molar-refractivity contribution is 7.90. The SMILES string of the molecule is Cc1ccccc1CS(=O)(=O)NC(C)c1ccc(S(C)(=O)=O)cc1. The molecule has 24 heavy (non-hydrogen) atoms. The number of benzene rings is 2. The van der Waals surface area contributed by atoms with Gasteiger partial charge in [0, 0.05) is 12.3 Å². The minimum Gasteiger partial charge on any atom is -0.224 e. The fourth-order valence-corrected chi connectivity index (χ4v) is 4.48. The van der Waals surface area contributed by atoms with Crippen LogP contribution in [-0.2, 0) is 25.6 Å². The number of rotatable bonds is 6. The van der Waals surface area contributed by atoms with Crippen molar-refractivity contribution in [3.8, 4) is 0 Å². The fourth-order valence-electron chi connectivity index (χ4n) is 2.36. The van der Waals surface area contributed by atoms with Gasteiger partial charge in [-0.2, -0.15) is 0 Å². The minimum atomic E-state index is -3.51. The van der Waals surface area contributed by atoms with Gasteiger partial charge < -0.3 is 0 Å². The molecule has 2 aromatic carbocycles. The summed E-state index contributed by atoms with van der Waals surface area (Å²) in [6, 6.07) is 13.1. The maximum absolute atomic E-state index is 12.4. The third-order valence-electron chi connectivity index (χ3n) is 3.77. The molecule has 5 nitrogen and oxygen atoms in total. The van der Waals surface area contributed by atoms with Crippen LogP contribution in [-0.4, -0.2) is 23.1 Å². The van der Waals surface area contributed by atoms with E-state index in [0.29, 0.717) is 5.56 Å². The molecule has 130 valence electrons. The van der Waals surface area contributed by atoms with Gasteiger partial charge in [0.2, 0.25) is 10.0 Å². The highest BCUT2D eigenvalue weighted by Crippen LogP contribution is 2.18. The van der Waals surface area contributed by atoms with Gasteiger partial charge in [0.1, 0.15) is 0 Å². The first-order chi connectivity index (χ1) is 11.1. The summed E-state index contributed by atoms with van der Waals surface area (Å²) in [7, 11) is -6.78. The van der Waals surface area contributed by atoms with Gasteiger partial charge in [-0.3, -0.25) is 0 Å². The van der Waals surface area contributed by atoms with Gasteiger partial charge in [0.25, 0.3) is 0 Å². The first kappa shape index (κ1) is 18.6. The molecule has 0 aromatic heterocycles. The predicted octanol–water partition coefficient (Wildman–Crippen LogP) is 2.58. The summed E-state index contributed by atoms with van der Waals surface area (Å²) in [6.45, 7) is 3.60. The number of hydrogen-bond donors (Lipinski definition) is 1. The van der Waals surface area contributed by atoms with Crippen LogP contribution in [0.1, 0.15) is 29.7 Å². The molecule has 0 saturated heterocycles. The largest absolute Gasteiger partial charge is 0.224 e. The van der Waals surface area contributed by atoms with Crippen molar-refractivity contribution >= 4 is 19.9 Å². The standard InChI is InChI=1S/C17H21NO4S2/c1-13-6-4-5-7-16(13)12-24(21,22)18-14(2)15-8-10-17(11-9-15)23(3,19)20/h4-11,14,18H,12H2,1-3H3. The number of hydrogen-bond acceptors (Lipinski definition) is 4. The Kier molecular flexibility index (Phi) is 5.47. The molecule has 0 aliphatic rings. The fraction of sp³-hybridized carbons (Fsp3) is 0.294. The van der Waals surface area contributed by atoms with Crippen LogP contribution in [0.15, 0.2) is 53.4 Å². The van der Waals surface area contributed by atoms with Crippen LogP contribution in [0.25, 0.3) is 0 Å². The van der Waals surface area contributed by atoms with Gasteiger partial charge in [0.05, 0.1) is 10.6 Å². The number of sulfone groups is 1. The Morgan fingerprint density at radius 2 is 1.54 bits per heavy atom. The summed E-state index contributed by atoms with van der Waals surface area (Å²) in [4.78, 5) is 0.209.